The first-order chi connectivity index (χ1) is 9.61. The van der Waals surface area contributed by atoms with Gasteiger partial charge in [0.15, 0.2) is 5.96 Å². The third kappa shape index (κ3) is 6.52. The topological polar surface area (TPSA) is 39.7 Å². The zero-order valence-corrected chi connectivity index (χ0v) is 16.8. The number of nitrogens with one attached hydrogen (secondary N) is 2. The minimum atomic E-state index is 0. The minimum absolute atomic E-state index is 0. The summed E-state index contributed by atoms with van der Waals surface area (Å²) < 4.78 is 0.394. The van der Waals surface area contributed by atoms with Crippen LogP contribution >= 0.6 is 35.7 Å². The van der Waals surface area contributed by atoms with Gasteiger partial charge in [0.25, 0.3) is 0 Å². The van der Waals surface area contributed by atoms with Gasteiger partial charge in [0.1, 0.15) is 0 Å². The Morgan fingerprint density at radius 2 is 2.05 bits per heavy atom. The second-order valence-electron chi connectivity index (χ2n) is 6.46. The quantitative estimate of drug-likeness (QED) is 0.412. The summed E-state index contributed by atoms with van der Waals surface area (Å²) >= 11 is 2.09. The van der Waals surface area contributed by atoms with Gasteiger partial charge in [-0.05, 0) is 64.4 Å². The molecule has 4 nitrogen and oxygen atoms in total. The lowest BCUT2D eigenvalue weighted by molar-refractivity contribution is 0.220. The van der Waals surface area contributed by atoms with E-state index in [-0.39, 0.29) is 24.0 Å². The molecule has 0 aromatic heterocycles. The number of guanidine groups is 1. The molecule has 0 aromatic carbocycles. The Bertz CT molecular complexity index is 324. The van der Waals surface area contributed by atoms with Crippen molar-refractivity contribution in [2.75, 3.05) is 46.0 Å². The van der Waals surface area contributed by atoms with E-state index in [1.165, 1.54) is 44.5 Å². The highest BCUT2D eigenvalue weighted by Crippen LogP contribution is 2.36. The van der Waals surface area contributed by atoms with Crippen LogP contribution in [0.3, 0.4) is 0 Å². The van der Waals surface area contributed by atoms with Crippen molar-refractivity contribution >= 4 is 41.7 Å². The van der Waals surface area contributed by atoms with Crippen LogP contribution in [0.5, 0.6) is 0 Å². The second kappa shape index (κ2) is 9.45. The molecule has 6 heteroatoms. The molecule has 2 heterocycles. The normalized spacial score (nSPS) is 28.2. The van der Waals surface area contributed by atoms with Crippen LogP contribution in [0.4, 0.5) is 0 Å². The number of hydrogen-bond acceptors (Lipinski definition) is 3. The minimum Gasteiger partial charge on any atom is -0.356 e. The fraction of sp³-hybridized carbons (Fsp3) is 0.933. The Kier molecular flexibility index (Phi) is 8.71. The molecule has 0 amide bonds. The average Bonchev–Trinajstić information content (AvgIpc) is 2.88. The Morgan fingerprint density at radius 1 is 1.33 bits per heavy atom. The maximum atomic E-state index is 4.35. The number of thioether (sulfide) groups is 1. The van der Waals surface area contributed by atoms with Crippen LogP contribution in [0, 0.1) is 5.92 Å². The summed E-state index contributed by atoms with van der Waals surface area (Å²) in [6.45, 7) is 6.89. The third-order valence-electron chi connectivity index (χ3n) is 4.55. The van der Waals surface area contributed by atoms with Crippen LogP contribution in [-0.2, 0) is 0 Å². The maximum Gasteiger partial charge on any atom is 0.191 e. The molecule has 21 heavy (non-hydrogen) atoms. The highest BCUT2D eigenvalue weighted by atomic mass is 127. The zero-order chi connectivity index (χ0) is 14.4. The third-order valence-corrected chi connectivity index (χ3v) is 6.09. The van der Waals surface area contributed by atoms with Gasteiger partial charge in [0, 0.05) is 24.9 Å². The van der Waals surface area contributed by atoms with E-state index < -0.39 is 0 Å². The lowest BCUT2D eigenvalue weighted by Crippen LogP contribution is -2.46. The van der Waals surface area contributed by atoms with Crippen molar-refractivity contribution in [2.24, 2.45) is 10.9 Å². The van der Waals surface area contributed by atoms with Gasteiger partial charge in [-0.3, -0.25) is 4.99 Å². The van der Waals surface area contributed by atoms with Gasteiger partial charge in [-0.2, -0.15) is 11.8 Å². The Morgan fingerprint density at radius 3 is 2.62 bits per heavy atom. The number of piperidine rings is 1. The summed E-state index contributed by atoms with van der Waals surface area (Å²) in [5, 5.41) is 7.01. The molecule has 1 unspecified atom stereocenters. The summed E-state index contributed by atoms with van der Waals surface area (Å²) in [6, 6.07) is 0. The van der Waals surface area contributed by atoms with Crippen LogP contribution in [0.1, 0.15) is 32.6 Å². The monoisotopic (exact) mass is 426 g/mol. The first-order valence-electron chi connectivity index (χ1n) is 7.88. The molecule has 2 saturated heterocycles. The highest BCUT2D eigenvalue weighted by molar-refractivity contribution is 14.0. The molecule has 0 aliphatic carbocycles. The molecule has 2 aliphatic heterocycles. The van der Waals surface area contributed by atoms with E-state index in [1.807, 2.05) is 7.05 Å². The zero-order valence-electron chi connectivity index (χ0n) is 13.7. The molecule has 0 aromatic rings. The lowest BCUT2D eigenvalue weighted by atomic mass is 9.97. The van der Waals surface area contributed by atoms with Crippen LogP contribution in [0.15, 0.2) is 4.99 Å². The number of hydrogen-bond donors (Lipinski definition) is 2. The lowest BCUT2D eigenvalue weighted by Gasteiger charge is -2.30. The Balaban J connectivity index is 0.00000220. The molecular weight excluding hydrogens is 395 g/mol. The van der Waals surface area contributed by atoms with Gasteiger partial charge in [0.2, 0.25) is 0 Å². The van der Waals surface area contributed by atoms with E-state index >= 15 is 0 Å². The van der Waals surface area contributed by atoms with Gasteiger partial charge >= 0.3 is 0 Å². The smallest absolute Gasteiger partial charge is 0.191 e. The molecular formula is C15H31IN4S. The van der Waals surface area contributed by atoms with E-state index in [2.05, 4.69) is 46.3 Å². The molecule has 0 spiro atoms. The number of halogens is 1. The van der Waals surface area contributed by atoms with Crippen LogP contribution in [0.25, 0.3) is 0 Å². The molecule has 2 fully saturated rings. The van der Waals surface area contributed by atoms with E-state index in [1.54, 1.807) is 0 Å². The predicted octanol–water partition coefficient (Wildman–Crippen LogP) is 2.40. The Hall–Kier alpha value is 0.310. The molecule has 1 atom stereocenters. The average molecular weight is 426 g/mol. The van der Waals surface area contributed by atoms with Crippen molar-refractivity contribution in [1.82, 2.24) is 15.5 Å². The van der Waals surface area contributed by atoms with E-state index in [0.29, 0.717) is 4.75 Å². The molecule has 2 rings (SSSR count). The molecule has 2 aliphatic rings. The van der Waals surface area contributed by atoms with Gasteiger partial charge < -0.3 is 15.5 Å². The number of likely N-dealkylation sites (tertiary alicyclic amines) is 1. The summed E-state index contributed by atoms with van der Waals surface area (Å²) in [5.74, 6) is 3.07. The van der Waals surface area contributed by atoms with Crippen molar-refractivity contribution in [3.05, 3.63) is 0 Å². The van der Waals surface area contributed by atoms with Crippen LogP contribution in [-0.4, -0.2) is 61.6 Å². The summed E-state index contributed by atoms with van der Waals surface area (Å²) in [4.78, 5) is 6.77. The van der Waals surface area contributed by atoms with Crippen molar-refractivity contribution in [3.63, 3.8) is 0 Å². The molecule has 0 radical (unpaired) electrons. The van der Waals surface area contributed by atoms with Crippen molar-refractivity contribution in [3.8, 4) is 0 Å². The van der Waals surface area contributed by atoms with E-state index in [0.717, 1.165) is 25.0 Å². The largest absolute Gasteiger partial charge is 0.356 e. The highest BCUT2D eigenvalue weighted by Gasteiger charge is 2.29. The maximum absolute atomic E-state index is 4.35. The van der Waals surface area contributed by atoms with Crippen molar-refractivity contribution in [2.45, 2.75) is 37.4 Å². The number of nitrogens with zero attached hydrogens (tertiary/aromatic N) is 2. The van der Waals surface area contributed by atoms with Crippen LogP contribution < -0.4 is 10.6 Å². The number of aliphatic imine (C=N–C) groups is 1. The predicted molar refractivity (Wildman–Crippen MR) is 105 cm³/mol. The first kappa shape index (κ1) is 19.4. The SMILES string of the molecule is CN=C(NCC1CCN(C)CC1)NCC1(C)CCCS1.I. The standard InChI is InChI=1S/C15H30N4S.HI/c1-15(7-4-10-20-15)12-18-14(16-2)17-11-13-5-8-19(3)9-6-13;/h13H,4-12H2,1-3H3,(H2,16,17,18);1H. The molecule has 2 N–H and O–H groups in total. The fourth-order valence-electron chi connectivity index (χ4n) is 2.97. The summed E-state index contributed by atoms with van der Waals surface area (Å²) in [5.41, 5.74) is 0. The molecule has 0 saturated carbocycles. The van der Waals surface area contributed by atoms with E-state index in [4.69, 9.17) is 0 Å². The number of rotatable bonds is 4. The van der Waals surface area contributed by atoms with Gasteiger partial charge in [-0.15, -0.1) is 24.0 Å². The van der Waals surface area contributed by atoms with Crippen LogP contribution in [0.2, 0.25) is 0 Å². The second-order valence-corrected chi connectivity index (χ2v) is 8.14. The van der Waals surface area contributed by atoms with Crippen molar-refractivity contribution < 1.29 is 0 Å². The van der Waals surface area contributed by atoms with Crippen molar-refractivity contribution in [1.29, 1.82) is 0 Å². The fourth-order valence-corrected chi connectivity index (χ4v) is 4.22. The Labute approximate surface area is 151 Å². The van der Waals surface area contributed by atoms with Gasteiger partial charge in [0.05, 0.1) is 0 Å². The van der Waals surface area contributed by atoms with Gasteiger partial charge in [-0.25, -0.2) is 0 Å². The van der Waals surface area contributed by atoms with Gasteiger partial charge in [-0.1, -0.05) is 0 Å². The summed E-state index contributed by atoms with van der Waals surface area (Å²) in [6.07, 6.45) is 5.27. The first-order valence-corrected chi connectivity index (χ1v) is 8.87. The molecule has 0 bridgehead atoms. The summed E-state index contributed by atoms with van der Waals surface area (Å²) in [7, 11) is 4.08. The van der Waals surface area contributed by atoms with E-state index in [9.17, 15) is 0 Å². The molecule has 124 valence electrons.